The summed E-state index contributed by atoms with van der Waals surface area (Å²) in [5.41, 5.74) is 0.975. The van der Waals surface area contributed by atoms with Crippen LogP contribution in [0.3, 0.4) is 0 Å². The van der Waals surface area contributed by atoms with Crippen LogP contribution in [0, 0.1) is 6.92 Å². The van der Waals surface area contributed by atoms with Gasteiger partial charge in [-0.3, -0.25) is 9.17 Å². The van der Waals surface area contributed by atoms with Gasteiger partial charge >= 0.3 is 0 Å². The predicted molar refractivity (Wildman–Crippen MR) is 52.2 cm³/mol. The summed E-state index contributed by atoms with van der Waals surface area (Å²) in [6, 6.07) is 3.75. The van der Waals surface area contributed by atoms with Crippen LogP contribution in [0.25, 0.3) is 10.1 Å². The number of aryl methyl sites for hydroxylation is 1. The number of halogens is 1. The van der Waals surface area contributed by atoms with Gasteiger partial charge in [-0.25, -0.2) is 0 Å². The summed E-state index contributed by atoms with van der Waals surface area (Å²) in [5.74, 6) is 0. The first-order chi connectivity index (χ1) is 5.68. The third kappa shape index (κ3) is 1.06. The van der Waals surface area contributed by atoms with Crippen LogP contribution in [-0.2, 0) is 0 Å². The number of benzene rings is 1. The van der Waals surface area contributed by atoms with Crippen molar-refractivity contribution in [3.05, 3.63) is 33.1 Å². The number of aromatic nitrogens is 1. The summed E-state index contributed by atoms with van der Waals surface area (Å²) >= 11 is 7.22. The van der Waals surface area contributed by atoms with Crippen molar-refractivity contribution in [3.8, 4) is 0 Å². The van der Waals surface area contributed by atoms with Crippen molar-refractivity contribution in [2.75, 3.05) is 0 Å². The van der Waals surface area contributed by atoms with Crippen molar-refractivity contribution >= 4 is 33.2 Å². The van der Waals surface area contributed by atoms with E-state index in [9.17, 15) is 4.79 Å². The molecule has 0 radical (unpaired) electrons. The number of nitrogens with one attached hydrogen (secondary N) is 1. The van der Waals surface area contributed by atoms with Gasteiger partial charge < -0.3 is 0 Å². The van der Waals surface area contributed by atoms with E-state index in [1.807, 2.05) is 13.0 Å². The van der Waals surface area contributed by atoms with Crippen LogP contribution in [0.2, 0.25) is 5.02 Å². The molecule has 0 bridgehead atoms. The molecule has 2 aromatic rings. The molecule has 0 unspecified atom stereocenters. The fraction of sp³-hybridized carbons (Fsp3) is 0.125. The van der Waals surface area contributed by atoms with Crippen LogP contribution in [0.15, 0.2) is 16.9 Å². The van der Waals surface area contributed by atoms with E-state index in [2.05, 4.69) is 4.37 Å². The van der Waals surface area contributed by atoms with Crippen LogP contribution < -0.4 is 5.56 Å². The number of hydrogen-bond acceptors (Lipinski definition) is 2. The Morgan fingerprint density at radius 3 is 3.00 bits per heavy atom. The van der Waals surface area contributed by atoms with E-state index in [0.717, 1.165) is 10.3 Å². The van der Waals surface area contributed by atoms with Gasteiger partial charge in [0.15, 0.2) is 0 Å². The lowest BCUT2D eigenvalue weighted by atomic mass is 10.2. The highest BCUT2D eigenvalue weighted by atomic mass is 35.5. The lowest BCUT2D eigenvalue weighted by molar-refractivity contribution is 1.45. The second-order valence-electron chi connectivity index (χ2n) is 2.65. The number of hydrogen-bond donors (Lipinski definition) is 1. The molecule has 1 N–H and O–H groups in total. The topological polar surface area (TPSA) is 32.9 Å². The molecule has 0 saturated heterocycles. The van der Waals surface area contributed by atoms with E-state index in [1.165, 1.54) is 11.5 Å². The van der Waals surface area contributed by atoms with Gasteiger partial charge in [-0.2, -0.15) is 0 Å². The van der Waals surface area contributed by atoms with Gasteiger partial charge in [0.25, 0.3) is 5.56 Å². The Morgan fingerprint density at radius 1 is 1.50 bits per heavy atom. The molecule has 2 rings (SSSR count). The van der Waals surface area contributed by atoms with E-state index in [4.69, 9.17) is 11.6 Å². The number of aromatic amines is 1. The van der Waals surface area contributed by atoms with Crippen molar-refractivity contribution in [1.82, 2.24) is 4.37 Å². The fourth-order valence-corrected chi connectivity index (χ4v) is 2.43. The molecular formula is C8H6ClNOS. The molecule has 4 heteroatoms. The Kier molecular flexibility index (Phi) is 1.70. The minimum absolute atomic E-state index is 0.0972. The molecule has 0 fully saturated rings. The molecule has 1 heterocycles. The summed E-state index contributed by atoms with van der Waals surface area (Å²) < 4.78 is 3.57. The van der Waals surface area contributed by atoms with Crippen molar-refractivity contribution in [3.63, 3.8) is 0 Å². The zero-order chi connectivity index (χ0) is 8.72. The largest absolute Gasteiger partial charge is 0.277 e. The third-order valence-corrected chi connectivity index (χ3v) is 2.81. The minimum atomic E-state index is -0.0972. The van der Waals surface area contributed by atoms with Crippen LogP contribution in [-0.4, -0.2) is 4.37 Å². The zero-order valence-electron chi connectivity index (χ0n) is 6.35. The third-order valence-electron chi connectivity index (χ3n) is 1.68. The first kappa shape index (κ1) is 7.83. The van der Waals surface area contributed by atoms with Crippen molar-refractivity contribution in [2.45, 2.75) is 6.92 Å². The molecule has 0 saturated carbocycles. The Hall–Kier alpha value is -0.800. The highest BCUT2D eigenvalue weighted by Crippen LogP contribution is 2.24. The number of rotatable bonds is 0. The van der Waals surface area contributed by atoms with Crippen molar-refractivity contribution < 1.29 is 0 Å². The predicted octanol–water partition coefficient (Wildman–Crippen LogP) is 2.55. The van der Waals surface area contributed by atoms with E-state index < -0.39 is 0 Å². The van der Waals surface area contributed by atoms with Crippen molar-refractivity contribution in [1.29, 1.82) is 0 Å². The SMILES string of the molecule is Cc1cc(Cl)c2c(=O)[nH]sc2c1. The maximum Gasteiger partial charge on any atom is 0.267 e. The van der Waals surface area contributed by atoms with Gasteiger partial charge in [0.05, 0.1) is 15.1 Å². The molecule has 0 amide bonds. The average molecular weight is 200 g/mol. The molecule has 0 aliphatic carbocycles. The fourth-order valence-electron chi connectivity index (χ4n) is 1.16. The first-order valence-electron chi connectivity index (χ1n) is 3.46. The van der Waals surface area contributed by atoms with E-state index in [0.29, 0.717) is 10.4 Å². The molecule has 2 nitrogen and oxygen atoms in total. The summed E-state index contributed by atoms with van der Waals surface area (Å²) in [4.78, 5) is 11.2. The van der Waals surface area contributed by atoms with Gasteiger partial charge in [0.1, 0.15) is 0 Å². The second-order valence-corrected chi connectivity index (χ2v) is 3.91. The van der Waals surface area contributed by atoms with Crippen molar-refractivity contribution in [2.24, 2.45) is 0 Å². The quantitative estimate of drug-likeness (QED) is 0.695. The first-order valence-corrected chi connectivity index (χ1v) is 4.65. The summed E-state index contributed by atoms with van der Waals surface area (Å²) in [5, 5.41) is 1.14. The summed E-state index contributed by atoms with van der Waals surface area (Å²) in [7, 11) is 0. The lowest BCUT2D eigenvalue weighted by Crippen LogP contribution is -1.96. The van der Waals surface area contributed by atoms with E-state index in [1.54, 1.807) is 6.07 Å². The maximum atomic E-state index is 11.2. The van der Waals surface area contributed by atoms with Gasteiger partial charge in [-0.05, 0) is 24.6 Å². The highest BCUT2D eigenvalue weighted by molar-refractivity contribution is 7.13. The Morgan fingerprint density at radius 2 is 2.25 bits per heavy atom. The molecule has 12 heavy (non-hydrogen) atoms. The molecule has 1 aromatic carbocycles. The summed E-state index contributed by atoms with van der Waals surface area (Å²) in [6.07, 6.45) is 0. The molecule has 0 aliphatic heterocycles. The molecular weight excluding hydrogens is 194 g/mol. The second kappa shape index (κ2) is 2.61. The molecule has 1 aromatic heterocycles. The van der Waals surface area contributed by atoms with Crippen LogP contribution in [0.4, 0.5) is 0 Å². The van der Waals surface area contributed by atoms with Crippen LogP contribution in [0.1, 0.15) is 5.56 Å². The van der Waals surface area contributed by atoms with Gasteiger partial charge in [-0.15, -0.1) is 0 Å². The molecule has 0 spiro atoms. The van der Waals surface area contributed by atoms with Crippen LogP contribution >= 0.6 is 23.1 Å². The Balaban J connectivity index is 3.03. The lowest BCUT2D eigenvalue weighted by Gasteiger charge is -1.93. The standard InChI is InChI=1S/C8H6ClNOS/c1-4-2-5(9)7-6(3-4)12-10-8(7)11/h2-3H,1H3,(H,10,11). The molecule has 62 valence electrons. The number of H-pyrrole nitrogens is 1. The smallest absolute Gasteiger partial charge is 0.267 e. The number of fused-ring (bicyclic) bond motifs is 1. The minimum Gasteiger partial charge on any atom is -0.277 e. The maximum absolute atomic E-state index is 11.2. The van der Waals surface area contributed by atoms with Gasteiger partial charge in [-0.1, -0.05) is 23.1 Å². The monoisotopic (exact) mass is 199 g/mol. The van der Waals surface area contributed by atoms with Crippen LogP contribution in [0.5, 0.6) is 0 Å². The zero-order valence-corrected chi connectivity index (χ0v) is 7.92. The Labute approximate surface area is 77.9 Å². The van der Waals surface area contributed by atoms with Gasteiger partial charge in [0, 0.05) is 0 Å². The van der Waals surface area contributed by atoms with Gasteiger partial charge in [0.2, 0.25) is 0 Å². The highest BCUT2D eigenvalue weighted by Gasteiger charge is 2.05. The summed E-state index contributed by atoms with van der Waals surface area (Å²) in [6.45, 7) is 1.95. The normalized spacial score (nSPS) is 10.8. The van der Waals surface area contributed by atoms with E-state index >= 15 is 0 Å². The molecule has 0 atom stereocenters. The Bertz CT molecular complexity index is 485. The van der Waals surface area contributed by atoms with E-state index in [-0.39, 0.29) is 5.56 Å². The average Bonchev–Trinajstić information content (AvgIpc) is 2.31. The molecule has 0 aliphatic rings.